The Morgan fingerprint density at radius 1 is 1.29 bits per heavy atom. The van der Waals surface area contributed by atoms with E-state index in [-0.39, 0.29) is 0 Å². The van der Waals surface area contributed by atoms with Gasteiger partial charge in [0.2, 0.25) is 0 Å². The number of nitrogens with zero attached hydrogens (tertiary/aromatic N) is 3. The zero-order valence-corrected chi connectivity index (χ0v) is 11.7. The van der Waals surface area contributed by atoms with Gasteiger partial charge in [0.05, 0.1) is 21.3 Å². The summed E-state index contributed by atoms with van der Waals surface area (Å²) >= 11 is 2.25. The molecule has 0 fully saturated rings. The molecule has 0 saturated carbocycles. The van der Waals surface area contributed by atoms with Gasteiger partial charge in [-0.15, -0.1) is 0 Å². The zero-order chi connectivity index (χ0) is 12.0. The number of hydrogen-bond acceptors (Lipinski definition) is 2. The van der Waals surface area contributed by atoms with Crippen LogP contribution in [-0.4, -0.2) is 19.7 Å². The molecule has 1 N–H and O–H groups in total. The monoisotopic (exact) mass is 338 g/mol. The molecule has 0 spiro atoms. The molecule has 5 heteroatoms. The van der Waals surface area contributed by atoms with Crippen LogP contribution in [0.15, 0.2) is 24.5 Å². The molecule has 0 aliphatic heterocycles. The highest BCUT2D eigenvalue weighted by atomic mass is 127. The zero-order valence-electron chi connectivity index (χ0n) is 9.53. The van der Waals surface area contributed by atoms with Gasteiger partial charge in [0.15, 0.2) is 0 Å². The van der Waals surface area contributed by atoms with Crippen LogP contribution in [0.2, 0.25) is 0 Å². The number of aromatic amines is 1. The highest BCUT2D eigenvalue weighted by Gasteiger charge is 2.05. The molecule has 0 aliphatic rings. The maximum atomic E-state index is 4.46. The number of aromatic nitrogens is 4. The number of hydrogen-bond donors (Lipinski definition) is 1. The van der Waals surface area contributed by atoms with E-state index in [1.807, 2.05) is 24.0 Å². The molecule has 4 nitrogen and oxygen atoms in total. The van der Waals surface area contributed by atoms with Crippen molar-refractivity contribution in [2.75, 3.05) is 0 Å². The van der Waals surface area contributed by atoms with Gasteiger partial charge in [-0.25, -0.2) is 9.67 Å². The number of halogens is 1. The third-order valence-electron chi connectivity index (χ3n) is 2.83. The Labute approximate surface area is 112 Å². The fraction of sp³-hybridized carbons (Fsp3) is 0.167. The summed E-state index contributed by atoms with van der Waals surface area (Å²) in [6.45, 7) is 4.07. The van der Waals surface area contributed by atoms with E-state index in [1.165, 1.54) is 5.56 Å². The SMILES string of the molecule is Cc1cn(-c2cnc3[nH]c(I)cc3c2)nc1C. The first kappa shape index (κ1) is 10.8. The molecule has 0 aromatic carbocycles. The number of fused-ring (bicyclic) bond motifs is 1. The number of nitrogens with one attached hydrogen (secondary N) is 1. The third kappa shape index (κ3) is 1.84. The fourth-order valence-electron chi connectivity index (χ4n) is 1.77. The van der Waals surface area contributed by atoms with Crippen molar-refractivity contribution < 1.29 is 0 Å². The largest absolute Gasteiger partial charge is 0.335 e. The second kappa shape index (κ2) is 3.83. The number of pyridine rings is 1. The predicted molar refractivity (Wildman–Crippen MR) is 75.4 cm³/mol. The Hall–Kier alpha value is -1.37. The van der Waals surface area contributed by atoms with Crippen molar-refractivity contribution in [2.24, 2.45) is 0 Å². The van der Waals surface area contributed by atoms with Gasteiger partial charge < -0.3 is 4.98 Å². The molecule has 3 heterocycles. The van der Waals surface area contributed by atoms with Gasteiger partial charge in [-0.3, -0.25) is 0 Å². The van der Waals surface area contributed by atoms with Crippen molar-refractivity contribution in [3.8, 4) is 5.69 Å². The lowest BCUT2D eigenvalue weighted by molar-refractivity contribution is 0.859. The average Bonchev–Trinajstić information content (AvgIpc) is 2.80. The van der Waals surface area contributed by atoms with Crippen LogP contribution in [0.3, 0.4) is 0 Å². The summed E-state index contributed by atoms with van der Waals surface area (Å²) in [4.78, 5) is 7.60. The first-order valence-corrected chi connectivity index (χ1v) is 6.39. The van der Waals surface area contributed by atoms with Gasteiger partial charge >= 0.3 is 0 Å². The van der Waals surface area contributed by atoms with Crippen molar-refractivity contribution in [1.29, 1.82) is 0 Å². The number of H-pyrrole nitrogens is 1. The Morgan fingerprint density at radius 3 is 2.82 bits per heavy atom. The standard InChI is InChI=1S/C12H11IN4/c1-7-6-17(16-8(7)2)10-3-9-4-11(13)15-12(9)14-5-10/h3-6H,1-2H3,(H,14,15). The van der Waals surface area contributed by atoms with Crippen molar-refractivity contribution in [1.82, 2.24) is 19.7 Å². The molecule has 0 bridgehead atoms. The lowest BCUT2D eigenvalue weighted by atomic mass is 10.3. The summed E-state index contributed by atoms with van der Waals surface area (Å²) in [5, 5.41) is 5.57. The topological polar surface area (TPSA) is 46.5 Å². The smallest absolute Gasteiger partial charge is 0.138 e. The molecule has 3 aromatic rings. The Morgan fingerprint density at radius 2 is 2.12 bits per heavy atom. The number of aryl methyl sites for hydroxylation is 2. The summed E-state index contributed by atoms with van der Waals surface area (Å²) in [5.74, 6) is 0. The molecule has 0 aliphatic carbocycles. The average molecular weight is 338 g/mol. The molecule has 3 rings (SSSR count). The van der Waals surface area contributed by atoms with E-state index in [1.54, 1.807) is 0 Å². The highest BCUT2D eigenvalue weighted by Crippen LogP contribution is 2.18. The van der Waals surface area contributed by atoms with Crippen molar-refractivity contribution in [2.45, 2.75) is 13.8 Å². The van der Waals surface area contributed by atoms with E-state index in [4.69, 9.17) is 0 Å². The Kier molecular flexibility index (Phi) is 2.43. The quantitative estimate of drug-likeness (QED) is 0.694. The summed E-state index contributed by atoms with van der Waals surface area (Å²) < 4.78 is 2.96. The minimum Gasteiger partial charge on any atom is -0.335 e. The normalized spacial score (nSPS) is 11.2. The van der Waals surface area contributed by atoms with E-state index < -0.39 is 0 Å². The van der Waals surface area contributed by atoms with Crippen LogP contribution >= 0.6 is 22.6 Å². The van der Waals surface area contributed by atoms with Gasteiger partial charge in [0.25, 0.3) is 0 Å². The molecule has 0 unspecified atom stereocenters. The summed E-state index contributed by atoms with van der Waals surface area (Å²) in [6, 6.07) is 4.17. The third-order valence-corrected chi connectivity index (χ3v) is 3.41. The molecular formula is C12H11IN4. The molecule has 0 radical (unpaired) electrons. The van der Waals surface area contributed by atoms with Crippen molar-refractivity contribution >= 4 is 33.6 Å². The van der Waals surface area contributed by atoms with E-state index in [0.717, 1.165) is 26.1 Å². The molecule has 3 aromatic heterocycles. The van der Waals surface area contributed by atoms with Crippen LogP contribution in [0.1, 0.15) is 11.3 Å². The fourth-order valence-corrected chi connectivity index (χ4v) is 2.37. The second-order valence-corrected chi connectivity index (χ2v) is 5.25. The summed E-state index contributed by atoms with van der Waals surface area (Å²) in [5.41, 5.74) is 4.14. The van der Waals surface area contributed by atoms with E-state index in [0.29, 0.717) is 0 Å². The summed E-state index contributed by atoms with van der Waals surface area (Å²) in [6.07, 6.45) is 3.86. The van der Waals surface area contributed by atoms with Gasteiger partial charge in [-0.1, -0.05) is 0 Å². The van der Waals surface area contributed by atoms with Crippen LogP contribution in [0.5, 0.6) is 0 Å². The Bertz CT molecular complexity index is 676. The van der Waals surface area contributed by atoms with E-state index in [9.17, 15) is 0 Å². The maximum Gasteiger partial charge on any atom is 0.138 e. The van der Waals surface area contributed by atoms with E-state index in [2.05, 4.69) is 56.7 Å². The maximum absolute atomic E-state index is 4.46. The lowest BCUT2D eigenvalue weighted by Crippen LogP contribution is -1.95. The van der Waals surface area contributed by atoms with Crippen molar-refractivity contribution in [3.05, 3.63) is 39.5 Å². The first-order chi connectivity index (χ1) is 8.13. The van der Waals surface area contributed by atoms with Crippen molar-refractivity contribution in [3.63, 3.8) is 0 Å². The highest BCUT2D eigenvalue weighted by molar-refractivity contribution is 14.1. The van der Waals surface area contributed by atoms with Crippen LogP contribution in [0, 0.1) is 17.5 Å². The van der Waals surface area contributed by atoms with Gasteiger partial charge in [0, 0.05) is 11.6 Å². The second-order valence-electron chi connectivity index (χ2n) is 4.09. The number of rotatable bonds is 1. The minimum atomic E-state index is 0.916. The van der Waals surface area contributed by atoms with Crippen LogP contribution < -0.4 is 0 Å². The van der Waals surface area contributed by atoms with Gasteiger partial charge in [-0.2, -0.15) is 5.10 Å². The van der Waals surface area contributed by atoms with Gasteiger partial charge in [0.1, 0.15) is 5.65 Å². The summed E-state index contributed by atoms with van der Waals surface area (Å²) in [7, 11) is 0. The molecule has 0 saturated heterocycles. The molecule has 0 amide bonds. The molecule has 86 valence electrons. The van der Waals surface area contributed by atoms with Gasteiger partial charge in [-0.05, 0) is 54.1 Å². The van der Waals surface area contributed by atoms with Crippen LogP contribution in [0.25, 0.3) is 16.7 Å². The minimum absolute atomic E-state index is 0.916. The first-order valence-electron chi connectivity index (χ1n) is 5.31. The van der Waals surface area contributed by atoms with Crippen LogP contribution in [0.4, 0.5) is 0 Å². The lowest BCUT2D eigenvalue weighted by Gasteiger charge is -2.00. The molecule has 0 atom stereocenters. The molecular weight excluding hydrogens is 327 g/mol. The van der Waals surface area contributed by atoms with E-state index >= 15 is 0 Å². The predicted octanol–water partition coefficient (Wildman–Crippen LogP) is 2.97. The molecule has 17 heavy (non-hydrogen) atoms. The Balaban J connectivity index is 2.16. The van der Waals surface area contributed by atoms with Crippen LogP contribution in [-0.2, 0) is 0 Å².